The summed E-state index contributed by atoms with van der Waals surface area (Å²) in [7, 11) is 0. The number of nitrogens with one attached hydrogen (secondary N) is 1. The van der Waals surface area contributed by atoms with Gasteiger partial charge in [0, 0.05) is 11.4 Å². The van der Waals surface area contributed by atoms with Gasteiger partial charge in [0.15, 0.2) is 0 Å². The van der Waals surface area contributed by atoms with E-state index in [-0.39, 0.29) is 0 Å². The number of rotatable bonds is 6. The molecule has 2 aromatic heterocycles. The van der Waals surface area contributed by atoms with Crippen LogP contribution in [0.15, 0.2) is 6.33 Å². The fourth-order valence-corrected chi connectivity index (χ4v) is 4.52. The highest BCUT2D eigenvalue weighted by atomic mass is 32.2. The Morgan fingerprint density at radius 2 is 2.15 bits per heavy atom. The topological polar surface area (TPSA) is 37.8 Å². The molecule has 1 aliphatic rings. The first kappa shape index (κ1) is 14.1. The van der Waals surface area contributed by atoms with E-state index in [1.807, 2.05) is 23.1 Å². The van der Waals surface area contributed by atoms with Crippen molar-refractivity contribution < 1.29 is 0 Å². The number of thioether (sulfide) groups is 1. The average Bonchev–Trinajstić information content (AvgIpc) is 2.86. The number of hydrogen-bond acceptors (Lipinski definition) is 5. The minimum atomic E-state index is 1.01. The van der Waals surface area contributed by atoms with Crippen molar-refractivity contribution in [3.63, 3.8) is 0 Å². The fraction of sp³-hybridized carbons (Fsp3) is 0.600. The highest BCUT2D eigenvalue weighted by Gasteiger charge is 2.19. The van der Waals surface area contributed by atoms with Crippen LogP contribution in [-0.2, 0) is 12.8 Å². The molecule has 0 bridgehead atoms. The van der Waals surface area contributed by atoms with Gasteiger partial charge in [0.2, 0.25) is 0 Å². The Morgan fingerprint density at radius 1 is 1.25 bits per heavy atom. The number of fused-ring (bicyclic) bond motifs is 3. The molecule has 0 aliphatic heterocycles. The molecule has 0 spiro atoms. The monoisotopic (exact) mass is 307 g/mol. The van der Waals surface area contributed by atoms with Gasteiger partial charge in [0.25, 0.3) is 0 Å². The molecule has 0 saturated carbocycles. The minimum Gasteiger partial charge on any atom is -0.369 e. The zero-order valence-corrected chi connectivity index (χ0v) is 13.6. The molecule has 2 heterocycles. The lowest BCUT2D eigenvalue weighted by Gasteiger charge is -2.12. The van der Waals surface area contributed by atoms with E-state index in [2.05, 4.69) is 21.5 Å². The predicted octanol–water partition coefficient (Wildman–Crippen LogP) is 4.13. The fourth-order valence-electron chi connectivity index (χ4n) is 2.80. The van der Waals surface area contributed by atoms with Crippen molar-refractivity contribution in [2.75, 3.05) is 23.9 Å². The van der Waals surface area contributed by atoms with Crippen LogP contribution in [0, 0.1) is 0 Å². The van der Waals surface area contributed by atoms with Gasteiger partial charge in [-0.25, -0.2) is 9.97 Å². The summed E-state index contributed by atoms with van der Waals surface area (Å²) in [6.07, 6.45) is 11.4. The van der Waals surface area contributed by atoms with Gasteiger partial charge >= 0.3 is 0 Å². The third kappa shape index (κ3) is 2.93. The SMILES string of the molecule is CSCCCCNc1ncnc2sc3c(c12)CCCC3. The molecule has 0 radical (unpaired) electrons. The summed E-state index contributed by atoms with van der Waals surface area (Å²) in [6.45, 7) is 1.01. The Labute approximate surface area is 128 Å². The van der Waals surface area contributed by atoms with E-state index >= 15 is 0 Å². The highest BCUT2D eigenvalue weighted by molar-refractivity contribution is 7.98. The number of hydrogen-bond donors (Lipinski definition) is 1. The quantitative estimate of drug-likeness (QED) is 0.815. The molecule has 3 rings (SSSR count). The maximum absolute atomic E-state index is 4.48. The summed E-state index contributed by atoms with van der Waals surface area (Å²) >= 11 is 3.79. The zero-order chi connectivity index (χ0) is 13.8. The molecular formula is C15H21N3S2. The lowest BCUT2D eigenvalue weighted by atomic mass is 9.97. The largest absolute Gasteiger partial charge is 0.369 e. The molecule has 20 heavy (non-hydrogen) atoms. The Balaban J connectivity index is 1.78. The van der Waals surface area contributed by atoms with Gasteiger partial charge in [-0.05, 0) is 56.1 Å². The van der Waals surface area contributed by atoms with E-state index in [1.54, 1.807) is 6.33 Å². The van der Waals surface area contributed by atoms with E-state index in [1.165, 1.54) is 64.9 Å². The molecule has 0 atom stereocenters. The zero-order valence-electron chi connectivity index (χ0n) is 11.9. The van der Waals surface area contributed by atoms with Crippen LogP contribution >= 0.6 is 23.1 Å². The molecule has 1 aliphatic carbocycles. The van der Waals surface area contributed by atoms with Crippen LogP contribution in [0.2, 0.25) is 0 Å². The van der Waals surface area contributed by atoms with Crippen molar-refractivity contribution in [1.29, 1.82) is 0 Å². The van der Waals surface area contributed by atoms with Gasteiger partial charge in [-0.15, -0.1) is 11.3 Å². The number of anilines is 1. The maximum atomic E-state index is 4.48. The van der Waals surface area contributed by atoms with Crippen molar-refractivity contribution >= 4 is 39.1 Å². The first-order valence-corrected chi connectivity index (χ1v) is 9.59. The molecule has 5 heteroatoms. The lowest BCUT2D eigenvalue weighted by molar-refractivity contribution is 0.700. The molecule has 0 amide bonds. The van der Waals surface area contributed by atoms with Crippen LogP contribution in [0.3, 0.4) is 0 Å². The van der Waals surface area contributed by atoms with Crippen molar-refractivity contribution in [3.05, 3.63) is 16.8 Å². The molecule has 0 fully saturated rings. The number of unbranched alkanes of at least 4 members (excludes halogenated alkanes) is 1. The van der Waals surface area contributed by atoms with Crippen LogP contribution < -0.4 is 5.32 Å². The normalized spacial score (nSPS) is 14.4. The van der Waals surface area contributed by atoms with Crippen LogP contribution in [0.4, 0.5) is 5.82 Å². The van der Waals surface area contributed by atoms with Crippen LogP contribution in [0.25, 0.3) is 10.2 Å². The third-order valence-corrected chi connectivity index (χ3v) is 5.72. The Kier molecular flexibility index (Phi) is 4.78. The highest BCUT2D eigenvalue weighted by Crippen LogP contribution is 2.37. The molecule has 108 valence electrons. The van der Waals surface area contributed by atoms with Crippen molar-refractivity contribution in [3.8, 4) is 0 Å². The number of thiophene rings is 1. The molecular weight excluding hydrogens is 286 g/mol. The first-order valence-electron chi connectivity index (χ1n) is 7.38. The van der Waals surface area contributed by atoms with Gasteiger partial charge in [-0.2, -0.15) is 11.8 Å². The molecule has 0 saturated heterocycles. The molecule has 0 aromatic carbocycles. The molecule has 0 unspecified atom stereocenters. The Bertz CT molecular complexity index is 580. The van der Waals surface area contributed by atoms with Gasteiger partial charge in [-0.3, -0.25) is 0 Å². The van der Waals surface area contributed by atoms with E-state index in [9.17, 15) is 0 Å². The van der Waals surface area contributed by atoms with E-state index in [0.29, 0.717) is 0 Å². The number of aryl methyl sites for hydroxylation is 2. The number of nitrogens with zero attached hydrogens (tertiary/aromatic N) is 2. The van der Waals surface area contributed by atoms with E-state index in [0.717, 1.165) is 12.4 Å². The Hall–Kier alpha value is -0.810. The van der Waals surface area contributed by atoms with Crippen molar-refractivity contribution in [2.24, 2.45) is 0 Å². The van der Waals surface area contributed by atoms with Crippen molar-refractivity contribution in [2.45, 2.75) is 38.5 Å². The van der Waals surface area contributed by atoms with E-state index in [4.69, 9.17) is 0 Å². The smallest absolute Gasteiger partial charge is 0.138 e. The van der Waals surface area contributed by atoms with Crippen molar-refractivity contribution in [1.82, 2.24) is 9.97 Å². The second kappa shape index (κ2) is 6.76. The second-order valence-corrected chi connectivity index (χ2v) is 7.31. The predicted molar refractivity (Wildman–Crippen MR) is 90.2 cm³/mol. The standard InChI is InChI=1S/C15H21N3S2/c1-19-9-5-4-8-16-14-13-11-6-2-3-7-12(11)20-15(13)18-10-17-14/h10H,2-9H2,1H3,(H,16,17,18). The molecule has 3 nitrogen and oxygen atoms in total. The van der Waals surface area contributed by atoms with Gasteiger partial charge in [0.1, 0.15) is 17.0 Å². The third-order valence-electron chi connectivity index (χ3n) is 3.82. The maximum Gasteiger partial charge on any atom is 0.138 e. The summed E-state index contributed by atoms with van der Waals surface area (Å²) in [5, 5.41) is 4.83. The molecule has 2 aromatic rings. The van der Waals surface area contributed by atoms with Crippen LogP contribution in [-0.4, -0.2) is 28.5 Å². The number of aromatic nitrogens is 2. The van der Waals surface area contributed by atoms with Gasteiger partial charge in [0.05, 0.1) is 5.39 Å². The average molecular weight is 307 g/mol. The summed E-state index contributed by atoms with van der Waals surface area (Å²) in [5.74, 6) is 2.30. The van der Waals surface area contributed by atoms with E-state index < -0.39 is 0 Å². The second-order valence-electron chi connectivity index (χ2n) is 5.24. The summed E-state index contributed by atoms with van der Waals surface area (Å²) in [5.41, 5.74) is 1.52. The Morgan fingerprint density at radius 3 is 3.05 bits per heavy atom. The summed E-state index contributed by atoms with van der Waals surface area (Å²) in [6, 6.07) is 0. The summed E-state index contributed by atoms with van der Waals surface area (Å²) in [4.78, 5) is 11.7. The van der Waals surface area contributed by atoms with Gasteiger partial charge < -0.3 is 5.32 Å². The molecule has 1 N–H and O–H groups in total. The lowest BCUT2D eigenvalue weighted by Crippen LogP contribution is -2.06. The first-order chi connectivity index (χ1) is 9.90. The van der Waals surface area contributed by atoms with Crippen LogP contribution in [0.5, 0.6) is 0 Å². The van der Waals surface area contributed by atoms with Gasteiger partial charge in [-0.1, -0.05) is 0 Å². The minimum absolute atomic E-state index is 1.01. The summed E-state index contributed by atoms with van der Waals surface area (Å²) < 4.78 is 0. The van der Waals surface area contributed by atoms with Crippen LogP contribution in [0.1, 0.15) is 36.1 Å².